The molecule has 1 fully saturated rings. The van der Waals surface area contributed by atoms with E-state index in [9.17, 15) is 0 Å². The van der Waals surface area contributed by atoms with E-state index < -0.39 is 12.3 Å². The van der Waals surface area contributed by atoms with Crippen molar-refractivity contribution in [3.63, 3.8) is 0 Å². The van der Waals surface area contributed by atoms with Gasteiger partial charge in [-0.1, -0.05) is 44.8 Å². The Bertz CT molecular complexity index is 415. The fourth-order valence-corrected chi connectivity index (χ4v) is 2.79. The first kappa shape index (κ1) is 21.9. The van der Waals surface area contributed by atoms with E-state index in [1.807, 2.05) is 6.92 Å². The molecule has 0 aromatic rings. The minimum absolute atomic E-state index is 0.0394. The van der Waals surface area contributed by atoms with E-state index in [1.54, 1.807) is 6.08 Å². The molecule has 1 saturated heterocycles. The summed E-state index contributed by atoms with van der Waals surface area (Å²) in [7, 11) is 0. The van der Waals surface area contributed by atoms with E-state index in [0.717, 1.165) is 25.7 Å². The highest BCUT2D eigenvalue weighted by Gasteiger charge is 2.44. The van der Waals surface area contributed by atoms with Gasteiger partial charge in [0.2, 0.25) is 0 Å². The summed E-state index contributed by atoms with van der Waals surface area (Å²) < 4.78 is 23.6. The Balaban J connectivity index is 2.82. The van der Waals surface area contributed by atoms with Crippen molar-refractivity contribution in [1.29, 1.82) is 0 Å². The van der Waals surface area contributed by atoms with Crippen LogP contribution in [0.25, 0.3) is 10.4 Å². The van der Waals surface area contributed by atoms with Gasteiger partial charge in [0, 0.05) is 24.0 Å². The summed E-state index contributed by atoms with van der Waals surface area (Å²) in [5.41, 5.74) is 8.95. The van der Waals surface area contributed by atoms with Gasteiger partial charge in [-0.05, 0) is 18.4 Å². The molecular formula is C18H33N3O4. The Morgan fingerprint density at radius 3 is 2.56 bits per heavy atom. The van der Waals surface area contributed by atoms with Crippen molar-refractivity contribution in [2.45, 2.75) is 71.0 Å². The maximum Gasteiger partial charge on any atom is 0.169 e. The van der Waals surface area contributed by atoms with E-state index in [4.69, 9.17) is 24.5 Å². The zero-order valence-corrected chi connectivity index (χ0v) is 15.8. The predicted molar refractivity (Wildman–Crippen MR) is 97.3 cm³/mol. The molecule has 0 spiro atoms. The molecular weight excluding hydrogens is 322 g/mol. The average molecular weight is 355 g/mol. The third kappa shape index (κ3) is 7.34. The van der Waals surface area contributed by atoms with E-state index in [2.05, 4.69) is 30.5 Å². The van der Waals surface area contributed by atoms with Gasteiger partial charge in [-0.25, -0.2) is 0 Å². The Morgan fingerprint density at radius 1 is 1.20 bits per heavy atom. The molecule has 0 aliphatic carbocycles. The Kier molecular flexibility index (Phi) is 11.5. The minimum Gasteiger partial charge on any atom is -0.379 e. The lowest BCUT2D eigenvalue weighted by molar-refractivity contribution is -0.255. The molecule has 0 amide bonds. The van der Waals surface area contributed by atoms with Gasteiger partial charge in [-0.2, -0.15) is 0 Å². The van der Waals surface area contributed by atoms with Crippen molar-refractivity contribution in [2.75, 3.05) is 26.4 Å². The summed E-state index contributed by atoms with van der Waals surface area (Å²) in [4.78, 5) is 2.97. The van der Waals surface area contributed by atoms with E-state index >= 15 is 0 Å². The number of azide groups is 1. The minimum atomic E-state index is -0.656. The van der Waals surface area contributed by atoms with Crippen LogP contribution in [0, 0.1) is 5.92 Å². The number of hydrogen-bond acceptors (Lipinski definition) is 5. The summed E-state index contributed by atoms with van der Waals surface area (Å²) in [6.07, 6.45) is 4.69. The van der Waals surface area contributed by atoms with Crippen LogP contribution in [0.3, 0.4) is 0 Å². The third-order valence-electron chi connectivity index (χ3n) is 4.32. The van der Waals surface area contributed by atoms with Gasteiger partial charge < -0.3 is 18.9 Å². The number of rotatable bonds is 13. The highest BCUT2D eigenvalue weighted by Crippen LogP contribution is 2.31. The van der Waals surface area contributed by atoms with Gasteiger partial charge in [-0.3, -0.25) is 0 Å². The topological polar surface area (TPSA) is 85.7 Å². The van der Waals surface area contributed by atoms with Gasteiger partial charge in [0.05, 0.1) is 25.4 Å². The van der Waals surface area contributed by atoms with E-state index in [1.165, 1.54) is 0 Å². The molecule has 1 aliphatic rings. The summed E-state index contributed by atoms with van der Waals surface area (Å²) in [6.45, 7) is 12.1. The highest BCUT2D eigenvalue weighted by molar-refractivity contribution is 4.93. The maximum atomic E-state index is 8.95. The summed E-state index contributed by atoms with van der Waals surface area (Å²) in [6, 6.07) is -0.524. The molecule has 3 unspecified atom stereocenters. The highest BCUT2D eigenvalue weighted by atomic mass is 16.7. The molecule has 0 saturated carbocycles. The van der Waals surface area contributed by atoms with Crippen molar-refractivity contribution in [1.82, 2.24) is 0 Å². The van der Waals surface area contributed by atoms with Gasteiger partial charge >= 0.3 is 0 Å². The fraction of sp³-hybridized carbons (Fsp3) is 0.889. The van der Waals surface area contributed by atoms with Crippen molar-refractivity contribution >= 4 is 0 Å². The standard InChI is InChI=1S/C18H33N3O4/c1-5-8-11-22-13-15-14(4)17(23-12-9-6-2)16(20-21-19)18(25-15)24-10-7-3/h7,14-18H,3,5-6,8-13H2,1-2,4H3/t14-,15?,16?,17?,18+/m0/s1. The number of nitrogens with zero attached hydrogens (tertiary/aromatic N) is 3. The van der Waals surface area contributed by atoms with E-state index in [-0.39, 0.29) is 18.1 Å². The number of unbranched alkanes of at least 4 members (excludes halogenated alkanes) is 2. The predicted octanol–water partition coefficient (Wildman–Crippen LogP) is 4.23. The Labute approximate surface area is 151 Å². The zero-order chi connectivity index (χ0) is 18.5. The van der Waals surface area contributed by atoms with Gasteiger partial charge in [0.25, 0.3) is 0 Å². The lowest BCUT2D eigenvalue weighted by Gasteiger charge is -2.43. The molecule has 7 heteroatoms. The second kappa shape index (κ2) is 13.1. The lowest BCUT2D eigenvalue weighted by Crippen LogP contribution is -2.55. The first-order valence-corrected chi connectivity index (χ1v) is 9.31. The van der Waals surface area contributed by atoms with Gasteiger partial charge in [-0.15, -0.1) is 6.58 Å². The monoisotopic (exact) mass is 355 g/mol. The van der Waals surface area contributed by atoms with Gasteiger partial charge in [0.15, 0.2) is 6.29 Å². The lowest BCUT2D eigenvalue weighted by atomic mass is 9.89. The summed E-state index contributed by atoms with van der Waals surface area (Å²) in [5.74, 6) is 0.0394. The molecule has 0 aromatic heterocycles. The molecule has 7 nitrogen and oxygen atoms in total. The van der Waals surface area contributed by atoms with Crippen molar-refractivity contribution < 1.29 is 18.9 Å². The zero-order valence-electron chi connectivity index (χ0n) is 15.8. The quantitative estimate of drug-likeness (QED) is 0.163. The second-order valence-corrected chi connectivity index (χ2v) is 6.34. The van der Waals surface area contributed by atoms with Crippen molar-refractivity contribution in [2.24, 2.45) is 11.0 Å². The van der Waals surface area contributed by atoms with Crippen LogP contribution in [0.2, 0.25) is 0 Å². The molecule has 0 aromatic carbocycles. The average Bonchev–Trinajstić information content (AvgIpc) is 2.61. The molecule has 5 atom stereocenters. The molecule has 0 radical (unpaired) electrons. The van der Waals surface area contributed by atoms with Crippen LogP contribution in [0.5, 0.6) is 0 Å². The van der Waals surface area contributed by atoms with Crippen LogP contribution in [-0.4, -0.2) is 51.0 Å². The third-order valence-corrected chi connectivity index (χ3v) is 4.32. The van der Waals surface area contributed by atoms with Gasteiger partial charge in [0.1, 0.15) is 6.04 Å². The first-order chi connectivity index (χ1) is 12.2. The number of hydrogen-bond donors (Lipinski definition) is 0. The van der Waals surface area contributed by atoms with Crippen LogP contribution in [0.15, 0.2) is 17.8 Å². The van der Waals surface area contributed by atoms with Crippen LogP contribution in [0.4, 0.5) is 0 Å². The number of ether oxygens (including phenoxy) is 4. The second-order valence-electron chi connectivity index (χ2n) is 6.34. The van der Waals surface area contributed by atoms with Crippen molar-refractivity contribution in [3.8, 4) is 0 Å². The fourth-order valence-electron chi connectivity index (χ4n) is 2.79. The molecule has 1 aliphatic heterocycles. The molecule has 25 heavy (non-hydrogen) atoms. The normalized spacial score (nSPS) is 29.2. The van der Waals surface area contributed by atoms with E-state index in [0.29, 0.717) is 26.4 Å². The maximum absolute atomic E-state index is 8.95. The first-order valence-electron chi connectivity index (χ1n) is 9.31. The van der Waals surface area contributed by atoms with Crippen LogP contribution >= 0.6 is 0 Å². The Morgan fingerprint density at radius 2 is 1.92 bits per heavy atom. The Hall–Kier alpha value is -1.11. The van der Waals surface area contributed by atoms with Crippen molar-refractivity contribution in [3.05, 3.63) is 23.1 Å². The molecule has 0 N–H and O–H groups in total. The molecule has 1 rings (SSSR count). The van der Waals surface area contributed by atoms with Crippen LogP contribution < -0.4 is 0 Å². The summed E-state index contributed by atoms with van der Waals surface area (Å²) >= 11 is 0. The largest absolute Gasteiger partial charge is 0.379 e. The van der Waals surface area contributed by atoms with Crippen LogP contribution in [0.1, 0.15) is 46.5 Å². The SMILES string of the molecule is C=CCO[C@@H]1OC(COCCCC)[C@H](C)C(OCCCC)C1N=[N+]=[N-]. The molecule has 1 heterocycles. The smallest absolute Gasteiger partial charge is 0.169 e. The molecule has 0 bridgehead atoms. The molecule has 144 valence electrons. The summed E-state index contributed by atoms with van der Waals surface area (Å²) in [5, 5.41) is 3.90. The van der Waals surface area contributed by atoms with Crippen LogP contribution in [-0.2, 0) is 18.9 Å².